The van der Waals surface area contributed by atoms with Gasteiger partial charge in [0.05, 0.1) is 26.0 Å². The molecule has 8 heteroatoms. The van der Waals surface area contributed by atoms with Crippen molar-refractivity contribution in [2.24, 2.45) is 0 Å². The van der Waals surface area contributed by atoms with Crippen LogP contribution in [0, 0.1) is 0 Å². The van der Waals surface area contributed by atoms with Gasteiger partial charge in [0.25, 0.3) is 0 Å². The van der Waals surface area contributed by atoms with Crippen molar-refractivity contribution in [1.82, 2.24) is 9.21 Å². The van der Waals surface area contributed by atoms with Gasteiger partial charge >= 0.3 is 0 Å². The molecule has 3 rings (SSSR count). The number of nitrogens with zero attached hydrogens (tertiary/aromatic N) is 2. The Bertz CT molecular complexity index is 556. The maximum absolute atomic E-state index is 12.7. The summed E-state index contributed by atoms with van der Waals surface area (Å²) in [5.41, 5.74) is 0. The topological polar surface area (TPSA) is 76.2 Å². The molecular formula is C17H30N2O5S. The van der Waals surface area contributed by atoms with Crippen LogP contribution in [-0.4, -0.2) is 74.5 Å². The Morgan fingerprint density at radius 3 is 2.16 bits per heavy atom. The van der Waals surface area contributed by atoms with Crippen molar-refractivity contribution in [2.75, 3.05) is 39.1 Å². The molecule has 2 heterocycles. The molecule has 1 aliphatic carbocycles. The highest BCUT2D eigenvalue weighted by atomic mass is 32.2. The number of carbonyl (C=O) groups excluding carboxylic acids is 1. The van der Waals surface area contributed by atoms with Gasteiger partial charge in [-0.3, -0.25) is 4.79 Å². The Hall–Kier alpha value is -0.700. The van der Waals surface area contributed by atoms with Crippen LogP contribution in [0.3, 0.4) is 0 Å². The molecule has 1 amide bonds. The predicted octanol–water partition coefficient (Wildman–Crippen LogP) is 1.34. The van der Waals surface area contributed by atoms with Crippen molar-refractivity contribution < 1.29 is 22.7 Å². The Morgan fingerprint density at radius 1 is 1.08 bits per heavy atom. The monoisotopic (exact) mass is 374 g/mol. The van der Waals surface area contributed by atoms with Gasteiger partial charge in [-0.25, -0.2) is 8.42 Å². The number of sulfonamides is 1. The van der Waals surface area contributed by atoms with Gasteiger partial charge in [0, 0.05) is 32.0 Å². The lowest BCUT2D eigenvalue weighted by Gasteiger charge is -2.38. The average molecular weight is 375 g/mol. The first-order chi connectivity index (χ1) is 11.9. The zero-order valence-electron chi connectivity index (χ0n) is 15.1. The first-order valence-corrected chi connectivity index (χ1v) is 11.3. The fraction of sp³-hybridized carbons (Fsp3) is 0.941. The fourth-order valence-electron chi connectivity index (χ4n) is 4.18. The SMILES string of the molecule is CS(=O)(=O)N(CC(=O)N1CCC2(CC1)OCCO2)C1CCCCCC1. The Balaban J connectivity index is 1.60. The number of amides is 1. The molecule has 0 radical (unpaired) electrons. The van der Waals surface area contributed by atoms with E-state index in [0.29, 0.717) is 39.1 Å². The summed E-state index contributed by atoms with van der Waals surface area (Å²) in [6.45, 7) is 2.29. The third-order valence-corrected chi connectivity index (χ3v) is 6.92. The van der Waals surface area contributed by atoms with E-state index < -0.39 is 15.8 Å². The molecule has 0 aromatic carbocycles. The highest BCUT2D eigenvalue weighted by Gasteiger charge is 2.41. The van der Waals surface area contributed by atoms with Gasteiger partial charge in [0.2, 0.25) is 15.9 Å². The van der Waals surface area contributed by atoms with Gasteiger partial charge in [0.15, 0.2) is 5.79 Å². The van der Waals surface area contributed by atoms with E-state index in [1.54, 1.807) is 4.90 Å². The van der Waals surface area contributed by atoms with Crippen LogP contribution in [0.25, 0.3) is 0 Å². The number of ether oxygens (including phenoxy) is 2. The number of rotatable bonds is 4. The van der Waals surface area contributed by atoms with E-state index in [-0.39, 0.29) is 18.5 Å². The molecule has 0 N–H and O–H groups in total. The molecule has 3 aliphatic rings. The molecule has 2 aliphatic heterocycles. The zero-order chi connectivity index (χ0) is 17.9. The van der Waals surface area contributed by atoms with Crippen molar-refractivity contribution in [3.8, 4) is 0 Å². The molecule has 0 aromatic rings. The van der Waals surface area contributed by atoms with Gasteiger partial charge in [-0.2, -0.15) is 4.31 Å². The average Bonchev–Trinajstić information content (AvgIpc) is 2.85. The third kappa shape index (κ3) is 4.72. The van der Waals surface area contributed by atoms with Gasteiger partial charge in [-0.15, -0.1) is 0 Å². The quantitative estimate of drug-likeness (QED) is 0.694. The van der Waals surface area contributed by atoms with E-state index in [9.17, 15) is 13.2 Å². The van der Waals surface area contributed by atoms with Crippen molar-refractivity contribution >= 4 is 15.9 Å². The van der Waals surface area contributed by atoms with E-state index in [2.05, 4.69) is 0 Å². The van der Waals surface area contributed by atoms with Crippen molar-refractivity contribution in [2.45, 2.75) is 63.2 Å². The number of hydrogen-bond donors (Lipinski definition) is 0. The minimum Gasteiger partial charge on any atom is -0.347 e. The number of carbonyl (C=O) groups is 1. The highest BCUT2D eigenvalue weighted by molar-refractivity contribution is 7.88. The van der Waals surface area contributed by atoms with Gasteiger partial charge in [0.1, 0.15) is 0 Å². The van der Waals surface area contributed by atoms with E-state index in [4.69, 9.17) is 9.47 Å². The van der Waals surface area contributed by atoms with Crippen LogP contribution in [0.15, 0.2) is 0 Å². The van der Waals surface area contributed by atoms with Crippen LogP contribution in [0.5, 0.6) is 0 Å². The van der Waals surface area contributed by atoms with E-state index in [1.165, 1.54) is 10.6 Å². The molecule has 0 bridgehead atoms. The normalized spacial score (nSPS) is 25.4. The lowest BCUT2D eigenvalue weighted by molar-refractivity contribution is -0.187. The van der Waals surface area contributed by atoms with Crippen LogP contribution < -0.4 is 0 Å². The summed E-state index contributed by atoms with van der Waals surface area (Å²) in [5.74, 6) is -0.628. The van der Waals surface area contributed by atoms with Crippen molar-refractivity contribution in [1.29, 1.82) is 0 Å². The first kappa shape index (κ1) is 19.1. The maximum Gasteiger partial charge on any atom is 0.237 e. The maximum atomic E-state index is 12.7. The molecule has 0 aromatic heterocycles. The summed E-state index contributed by atoms with van der Waals surface area (Å²) >= 11 is 0. The minimum absolute atomic E-state index is 0.0425. The molecule has 3 fully saturated rings. The number of likely N-dealkylation sites (tertiary alicyclic amines) is 1. The fourth-order valence-corrected chi connectivity index (χ4v) is 5.28. The van der Waals surface area contributed by atoms with Crippen LogP contribution >= 0.6 is 0 Å². The summed E-state index contributed by atoms with van der Waals surface area (Å²) in [7, 11) is -3.40. The van der Waals surface area contributed by atoms with E-state index >= 15 is 0 Å². The summed E-state index contributed by atoms with van der Waals surface area (Å²) in [4.78, 5) is 14.5. The molecule has 1 saturated carbocycles. The Kier molecular flexibility index (Phi) is 6.03. The van der Waals surface area contributed by atoms with E-state index in [0.717, 1.165) is 38.5 Å². The molecule has 0 atom stereocenters. The molecular weight excluding hydrogens is 344 g/mol. The van der Waals surface area contributed by atoms with Crippen LogP contribution in [0.2, 0.25) is 0 Å². The zero-order valence-corrected chi connectivity index (χ0v) is 15.9. The summed E-state index contributed by atoms with van der Waals surface area (Å²) in [6, 6.07) is -0.0425. The molecule has 2 saturated heterocycles. The van der Waals surface area contributed by atoms with Gasteiger partial charge in [-0.05, 0) is 12.8 Å². The lowest BCUT2D eigenvalue weighted by atomic mass is 10.0. The van der Waals surface area contributed by atoms with Crippen LogP contribution in [0.1, 0.15) is 51.4 Å². The summed E-state index contributed by atoms with van der Waals surface area (Å²) in [5, 5.41) is 0. The Labute approximate surface area is 150 Å². The first-order valence-electron chi connectivity index (χ1n) is 9.42. The number of piperidine rings is 1. The minimum atomic E-state index is -3.40. The van der Waals surface area contributed by atoms with Gasteiger partial charge in [-0.1, -0.05) is 25.7 Å². The standard InChI is InChI=1S/C17H30N2O5S/c1-25(21,22)19(15-6-4-2-3-5-7-15)14-16(20)18-10-8-17(9-11-18)23-12-13-24-17/h15H,2-14H2,1H3. The van der Waals surface area contributed by atoms with Crippen LogP contribution in [0.4, 0.5) is 0 Å². The molecule has 0 unspecified atom stereocenters. The van der Waals surface area contributed by atoms with Crippen molar-refractivity contribution in [3.05, 3.63) is 0 Å². The third-order valence-electron chi connectivity index (χ3n) is 5.64. The van der Waals surface area contributed by atoms with Crippen molar-refractivity contribution in [3.63, 3.8) is 0 Å². The highest BCUT2D eigenvalue weighted by Crippen LogP contribution is 2.31. The smallest absolute Gasteiger partial charge is 0.237 e. The molecule has 25 heavy (non-hydrogen) atoms. The second-order valence-electron chi connectivity index (χ2n) is 7.44. The predicted molar refractivity (Wildman–Crippen MR) is 93.5 cm³/mol. The van der Waals surface area contributed by atoms with Gasteiger partial charge < -0.3 is 14.4 Å². The van der Waals surface area contributed by atoms with E-state index in [1.807, 2.05) is 0 Å². The number of hydrogen-bond acceptors (Lipinski definition) is 5. The summed E-state index contributed by atoms with van der Waals surface area (Å²) < 4.78 is 37.4. The molecule has 144 valence electrons. The molecule has 1 spiro atoms. The largest absolute Gasteiger partial charge is 0.347 e. The lowest BCUT2D eigenvalue weighted by Crippen LogP contribution is -2.51. The second-order valence-corrected chi connectivity index (χ2v) is 9.38. The summed E-state index contributed by atoms with van der Waals surface area (Å²) in [6.07, 6.45) is 8.60. The Morgan fingerprint density at radius 2 is 1.64 bits per heavy atom. The van der Waals surface area contributed by atoms with Crippen LogP contribution in [-0.2, 0) is 24.3 Å². The molecule has 7 nitrogen and oxygen atoms in total. The second kappa shape index (κ2) is 7.90.